The Kier molecular flexibility index (Phi) is 6.26. The molecule has 2 amide bonds. The van der Waals surface area contributed by atoms with Crippen LogP contribution < -0.4 is 10.5 Å². The quantitative estimate of drug-likeness (QED) is 0.688. The molecule has 8 heteroatoms. The van der Waals surface area contributed by atoms with Gasteiger partial charge in [-0.25, -0.2) is 4.68 Å². The van der Waals surface area contributed by atoms with Crippen LogP contribution in [0.4, 0.5) is 5.69 Å². The molecule has 2 saturated heterocycles. The molecule has 1 aromatic carbocycles. The first kappa shape index (κ1) is 21.8. The topological polar surface area (TPSA) is 78.8 Å². The number of para-hydroxylation sites is 1. The lowest BCUT2D eigenvalue weighted by Crippen LogP contribution is -2.51. The minimum Gasteiger partial charge on any atom is -0.340 e. The molecule has 1 atom stereocenters. The summed E-state index contributed by atoms with van der Waals surface area (Å²) in [6.45, 7) is 4.63. The lowest BCUT2D eigenvalue weighted by molar-refractivity contribution is -0.137. The van der Waals surface area contributed by atoms with Gasteiger partial charge in [0.25, 0.3) is 5.56 Å². The van der Waals surface area contributed by atoms with Crippen molar-refractivity contribution in [1.82, 2.24) is 19.6 Å². The number of benzene rings is 1. The molecule has 0 N–H and O–H groups in total. The van der Waals surface area contributed by atoms with Crippen LogP contribution in [0.2, 0.25) is 0 Å². The van der Waals surface area contributed by atoms with E-state index in [9.17, 15) is 14.4 Å². The fourth-order valence-corrected chi connectivity index (χ4v) is 5.18. The number of rotatable bonds is 5. The van der Waals surface area contributed by atoms with E-state index in [0.717, 1.165) is 62.3 Å². The molecule has 8 nitrogen and oxygen atoms in total. The summed E-state index contributed by atoms with van der Waals surface area (Å²) in [6.07, 6.45) is 4.48. The normalized spacial score (nSPS) is 21.3. The largest absolute Gasteiger partial charge is 0.340 e. The van der Waals surface area contributed by atoms with Gasteiger partial charge >= 0.3 is 0 Å². The zero-order valence-electron chi connectivity index (χ0n) is 19.0. The molecule has 3 aliphatic rings. The van der Waals surface area contributed by atoms with Crippen molar-refractivity contribution in [2.24, 2.45) is 5.92 Å². The van der Waals surface area contributed by atoms with Crippen molar-refractivity contribution >= 4 is 17.5 Å². The Morgan fingerprint density at radius 3 is 2.52 bits per heavy atom. The summed E-state index contributed by atoms with van der Waals surface area (Å²) in [5, 5.41) is 4.61. The van der Waals surface area contributed by atoms with E-state index >= 15 is 0 Å². The van der Waals surface area contributed by atoms with Crippen molar-refractivity contribution in [3.8, 4) is 0 Å². The van der Waals surface area contributed by atoms with E-state index in [0.29, 0.717) is 26.2 Å². The lowest BCUT2D eigenvalue weighted by Gasteiger charge is -2.35. The standard InChI is InChI=1S/C25H31N5O3/c31-23-17-20(18-29(23)21-7-2-1-3-8-21)25(33)28-13-10-27(11-14-28)12-15-30-24(32)16-19-6-4-5-9-22(19)26-30/h1-3,7-8,16,20H,4-6,9-15,17-18H2. The number of aromatic nitrogens is 2. The molecule has 1 aromatic heterocycles. The van der Waals surface area contributed by atoms with Gasteiger partial charge in [-0.15, -0.1) is 0 Å². The smallest absolute Gasteiger partial charge is 0.267 e. The summed E-state index contributed by atoms with van der Waals surface area (Å²) in [6, 6.07) is 11.3. The van der Waals surface area contributed by atoms with Crippen LogP contribution >= 0.6 is 0 Å². The van der Waals surface area contributed by atoms with E-state index in [2.05, 4.69) is 10.00 Å². The van der Waals surface area contributed by atoms with Crippen molar-refractivity contribution in [1.29, 1.82) is 0 Å². The van der Waals surface area contributed by atoms with Crippen LogP contribution in [0.3, 0.4) is 0 Å². The maximum atomic E-state index is 13.1. The van der Waals surface area contributed by atoms with Crippen LogP contribution in [0.5, 0.6) is 0 Å². The number of hydrogen-bond acceptors (Lipinski definition) is 5. The van der Waals surface area contributed by atoms with E-state index in [1.807, 2.05) is 35.2 Å². The zero-order valence-corrected chi connectivity index (χ0v) is 19.0. The van der Waals surface area contributed by atoms with Crippen molar-refractivity contribution in [3.05, 3.63) is 58.0 Å². The number of fused-ring (bicyclic) bond motifs is 1. The van der Waals surface area contributed by atoms with Crippen LogP contribution in [-0.4, -0.2) is 70.7 Å². The Bertz CT molecular complexity index is 1080. The average molecular weight is 450 g/mol. The highest BCUT2D eigenvalue weighted by Gasteiger charge is 2.37. The van der Waals surface area contributed by atoms with Gasteiger partial charge in [0.2, 0.25) is 11.8 Å². The van der Waals surface area contributed by atoms with Gasteiger partial charge in [-0.3, -0.25) is 19.3 Å². The average Bonchev–Trinajstić information content (AvgIpc) is 3.24. The van der Waals surface area contributed by atoms with Crippen LogP contribution in [0.1, 0.15) is 30.5 Å². The third-order valence-corrected chi connectivity index (χ3v) is 7.13. The first-order valence-corrected chi connectivity index (χ1v) is 12.0. The molecule has 2 aliphatic heterocycles. The third kappa shape index (κ3) is 4.71. The summed E-state index contributed by atoms with van der Waals surface area (Å²) in [5.41, 5.74) is 3.03. The first-order chi connectivity index (χ1) is 16.1. The lowest BCUT2D eigenvalue weighted by atomic mass is 9.97. The molecule has 0 spiro atoms. The molecule has 1 unspecified atom stereocenters. The minimum absolute atomic E-state index is 0.0150. The molecule has 0 saturated carbocycles. The van der Waals surface area contributed by atoms with Crippen molar-refractivity contribution in [2.45, 2.75) is 38.6 Å². The molecule has 0 bridgehead atoms. The Balaban J connectivity index is 1.12. The maximum Gasteiger partial charge on any atom is 0.267 e. The molecule has 33 heavy (non-hydrogen) atoms. The van der Waals surface area contributed by atoms with E-state index < -0.39 is 0 Å². The van der Waals surface area contributed by atoms with Crippen LogP contribution in [0.15, 0.2) is 41.2 Å². The predicted molar refractivity (Wildman–Crippen MR) is 125 cm³/mol. The fourth-order valence-electron chi connectivity index (χ4n) is 5.18. The summed E-state index contributed by atoms with van der Waals surface area (Å²) >= 11 is 0. The molecule has 2 aromatic rings. The highest BCUT2D eigenvalue weighted by Crippen LogP contribution is 2.26. The molecule has 0 radical (unpaired) electrons. The second kappa shape index (κ2) is 9.47. The SMILES string of the molecule is O=C(C1CC(=O)N(c2ccccc2)C1)N1CCN(CCn2nc3c(cc2=O)CCCC3)CC1. The van der Waals surface area contributed by atoms with Crippen molar-refractivity contribution in [3.63, 3.8) is 0 Å². The second-order valence-electron chi connectivity index (χ2n) is 9.29. The van der Waals surface area contributed by atoms with Crippen LogP contribution in [0.25, 0.3) is 0 Å². The molecule has 5 rings (SSSR count). The van der Waals surface area contributed by atoms with Gasteiger partial charge in [-0.05, 0) is 43.4 Å². The van der Waals surface area contributed by atoms with E-state index in [4.69, 9.17) is 0 Å². The summed E-state index contributed by atoms with van der Waals surface area (Å²) in [7, 11) is 0. The van der Waals surface area contributed by atoms with E-state index in [-0.39, 0.29) is 29.7 Å². The summed E-state index contributed by atoms with van der Waals surface area (Å²) < 4.78 is 1.60. The number of amides is 2. The molecule has 2 fully saturated rings. The Labute approximate surface area is 193 Å². The van der Waals surface area contributed by atoms with Gasteiger partial charge in [0.05, 0.1) is 18.2 Å². The summed E-state index contributed by atoms with van der Waals surface area (Å²) in [5.74, 6) is -0.183. The highest BCUT2D eigenvalue weighted by molar-refractivity contribution is 6.00. The number of anilines is 1. The second-order valence-corrected chi connectivity index (χ2v) is 9.29. The molecule has 1 aliphatic carbocycles. The van der Waals surface area contributed by atoms with E-state index in [1.165, 1.54) is 0 Å². The monoisotopic (exact) mass is 449 g/mol. The fraction of sp³-hybridized carbons (Fsp3) is 0.520. The predicted octanol–water partition coefficient (Wildman–Crippen LogP) is 1.32. The highest BCUT2D eigenvalue weighted by atomic mass is 16.2. The maximum absolute atomic E-state index is 13.1. The Morgan fingerprint density at radius 2 is 1.73 bits per heavy atom. The number of carbonyl (C=O) groups excluding carboxylic acids is 2. The number of aryl methyl sites for hydroxylation is 2. The molecule has 174 valence electrons. The van der Waals surface area contributed by atoms with Gasteiger partial charge in [0.1, 0.15) is 0 Å². The van der Waals surface area contributed by atoms with Gasteiger partial charge in [-0.1, -0.05) is 18.2 Å². The Hall–Kier alpha value is -3.00. The third-order valence-electron chi connectivity index (χ3n) is 7.13. The van der Waals surface area contributed by atoms with E-state index in [1.54, 1.807) is 15.6 Å². The number of carbonyl (C=O) groups is 2. The number of piperazine rings is 1. The van der Waals surface area contributed by atoms with Gasteiger partial charge in [0, 0.05) is 57.4 Å². The van der Waals surface area contributed by atoms with Crippen molar-refractivity contribution < 1.29 is 9.59 Å². The minimum atomic E-state index is -0.275. The Morgan fingerprint density at radius 1 is 0.970 bits per heavy atom. The number of nitrogens with zero attached hydrogens (tertiary/aromatic N) is 5. The van der Waals surface area contributed by atoms with Gasteiger partial charge < -0.3 is 9.80 Å². The first-order valence-electron chi connectivity index (χ1n) is 12.0. The van der Waals surface area contributed by atoms with Crippen molar-refractivity contribution in [2.75, 3.05) is 44.2 Å². The number of hydrogen-bond donors (Lipinski definition) is 0. The summed E-state index contributed by atoms with van der Waals surface area (Å²) in [4.78, 5) is 43.8. The zero-order chi connectivity index (χ0) is 22.8. The van der Waals surface area contributed by atoms with Crippen LogP contribution in [0, 0.1) is 5.92 Å². The van der Waals surface area contributed by atoms with Gasteiger partial charge in [-0.2, -0.15) is 5.10 Å². The molecular weight excluding hydrogens is 418 g/mol. The van der Waals surface area contributed by atoms with Crippen LogP contribution in [-0.2, 0) is 29.0 Å². The van der Waals surface area contributed by atoms with Gasteiger partial charge in [0.15, 0.2) is 0 Å². The molecule has 3 heterocycles. The molecular formula is C25H31N5O3.